The van der Waals surface area contributed by atoms with E-state index in [0.29, 0.717) is 5.56 Å². The molecule has 0 unspecified atom stereocenters. The van der Waals surface area contributed by atoms with Crippen LogP contribution in [0, 0.1) is 5.82 Å². The van der Waals surface area contributed by atoms with Gasteiger partial charge in [0, 0.05) is 18.7 Å². The van der Waals surface area contributed by atoms with E-state index in [0.717, 1.165) is 25.1 Å². The fraction of sp³-hybridized carbons (Fsp3) is 0.333. The lowest BCUT2D eigenvalue weighted by atomic mass is 10.0. The van der Waals surface area contributed by atoms with Gasteiger partial charge in [-0.3, -0.25) is 0 Å². The van der Waals surface area contributed by atoms with E-state index >= 15 is 0 Å². The van der Waals surface area contributed by atoms with Gasteiger partial charge in [-0.25, -0.2) is 4.39 Å². The van der Waals surface area contributed by atoms with Crippen molar-refractivity contribution in [2.75, 3.05) is 20.1 Å². The first-order valence-electron chi connectivity index (χ1n) is 5.00. The predicted octanol–water partition coefficient (Wildman–Crippen LogP) is 3.20. The van der Waals surface area contributed by atoms with Crippen molar-refractivity contribution in [1.29, 1.82) is 0 Å². The highest BCUT2D eigenvalue weighted by Crippen LogP contribution is 2.26. The average Bonchev–Trinajstić information content (AvgIpc) is 2.22. The lowest BCUT2D eigenvalue weighted by Crippen LogP contribution is -2.25. The lowest BCUT2D eigenvalue weighted by molar-refractivity contribution is 0.372. The molecule has 15 heavy (non-hydrogen) atoms. The molecule has 0 radical (unpaired) electrons. The second-order valence-electron chi connectivity index (χ2n) is 3.86. The molecule has 0 aliphatic carbocycles. The molecule has 1 aromatic rings. The molecule has 1 aromatic carbocycles. The minimum absolute atomic E-state index is 0.196. The Kier molecular flexibility index (Phi) is 3.08. The Morgan fingerprint density at radius 3 is 2.93 bits per heavy atom. The standard InChI is InChI=1S/C12H13ClFN/c1-15-7-3-4-9(8-15)10-5-2-6-11(13)12(10)14/h2,4-6H,3,7-8H2,1H3. The SMILES string of the molecule is CN1CCC=C(c2cccc(Cl)c2F)C1. The summed E-state index contributed by atoms with van der Waals surface area (Å²) < 4.78 is 13.7. The average molecular weight is 226 g/mol. The molecule has 2 rings (SSSR count). The molecule has 0 atom stereocenters. The van der Waals surface area contributed by atoms with E-state index in [-0.39, 0.29) is 10.8 Å². The molecule has 1 heterocycles. The molecular formula is C12H13ClFN. The summed E-state index contributed by atoms with van der Waals surface area (Å²) in [5, 5.41) is 0.196. The first kappa shape index (κ1) is 10.7. The molecule has 0 saturated carbocycles. The van der Waals surface area contributed by atoms with Gasteiger partial charge in [0.2, 0.25) is 0 Å². The zero-order valence-electron chi connectivity index (χ0n) is 8.63. The molecule has 0 aromatic heterocycles. The van der Waals surface area contributed by atoms with Crippen LogP contribution in [-0.2, 0) is 0 Å². The number of hydrogen-bond acceptors (Lipinski definition) is 1. The molecule has 0 N–H and O–H groups in total. The Hall–Kier alpha value is -0.860. The number of nitrogens with zero attached hydrogens (tertiary/aromatic N) is 1. The van der Waals surface area contributed by atoms with E-state index in [1.54, 1.807) is 18.2 Å². The van der Waals surface area contributed by atoms with Crippen molar-refractivity contribution in [2.24, 2.45) is 0 Å². The molecule has 0 spiro atoms. The Balaban J connectivity index is 2.37. The third-order valence-electron chi connectivity index (χ3n) is 2.64. The fourth-order valence-electron chi connectivity index (χ4n) is 1.84. The Morgan fingerprint density at radius 2 is 2.20 bits per heavy atom. The highest BCUT2D eigenvalue weighted by atomic mass is 35.5. The first-order valence-corrected chi connectivity index (χ1v) is 5.38. The van der Waals surface area contributed by atoms with E-state index in [4.69, 9.17) is 11.6 Å². The first-order chi connectivity index (χ1) is 7.18. The van der Waals surface area contributed by atoms with Gasteiger partial charge >= 0.3 is 0 Å². The fourth-order valence-corrected chi connectivity index (χ4v) is 2.02. The van der Waals surface area contributed by atoms with Gasteiger partial charge in [0.1, 0.15) is 5.82 Å². The second-order valence-corrected chi connectivity index (χ2v) is 4.26. The van der Waals surface area contributed by atoms with Crippen LogP contribution in [0.1, 0.15) is 12.0 Å². The number of rotatable bonds is 1. The van der Waals surface area contributed by atoms with Crippen LogP contribution in [0.4, 0.5) is 4.39 Å². The molecular weight excluding hydrogens is 213 g/mol. The van der Waals surface area contributed by atoms with Crippen LogP contribution in [0.5, 0.6) is 0 Å². The second kappa shape index (κ2) is 4.33. The molecule has 0 fully saturated rings. The Morgan fingerprint density at radius 1 is 1.40 bits per heavy atom. The molecule has 0 bridgehead atoms. The van der Waals surface area contributed by atoms with Crippen LogP contribution in [0.15, 0.2) is 24.3 Å². The van der Waals surface area contributed by atoms with Crippen molar-refractivity contribution in [1.82, 2.24) is 4.90 Å². The quantitative estimate of drug-likeness (QED) is 0.710. The van der Waals surface area contributed by atoms with Gasteiger partial charge in [-0.2, -0.15) is 0 Å². The Bertz CT molecular complexity index is 401. The normalized spacial score (nSPS) is 17.7. The largest absolute Gasteiger partial charge is 0.302 e. The zero-order chi connectivity index (χ0) is 10.8. The molecule has 0 saturated heterocycles. The summed E-state index contributed by atoms with van der Waals surface area (Å²) in [5.74, 6) is -0.305. The number of hydrogen-bond donors (Lipinski definition) is 0. The molecule has 1 nitrogen and oxygen atoms in total. The van der Waals surface area contributed by atoms with Crippen molar-refractivity contribution in [3.05, 3.63) is 40.7 Å². The highest BCUT2D eigenvalue weighted by molar-refractivity contribution is 6.30. The molecule has 0 amide bonds. The summed E-state index contributed by atoms with van der Waals surface area (Å²) in [5.41, 5.74) is 1.66. The maximum atomic E-state index is 13.7. The van der Waals surface area contributed by atoms with E-state index < -0.39 is 0 Å². The summed E-state index contributed by atoms with van der Waals surface area (Å²) in [6, 6.07) is 5.15. The van der Waals surface area contributed by atoms with Crippen LogP contribution in [0.25, 0.3) is 5.57 Å². The molecule has 1 aliphatic rings. The smallest absolute Gasteiger partial charge is 0.149 e. The van der Waals surface area contributed by atoms with Crippen LogP contribution in [0.3, 0.4) is 0 Å². The Labute approximate surface area is 94.2 Å². The van der Waals surface area contributed by atoms with Crippen LogP contribution in [-0.4, -0.2) is 25.0 Å². The number of likely N-dealkylation sites (N-methyl/N-ethyl adjacent to an activating group) is 1. The van der Waals surface area contributed by atoms with Crippen molar-refractivity contribution in [3.8, 4) is 0 Å². The summed E-state index contributed by atoms with van der Waals surface area (Å²) >= 11 is 5.75. The summed E-state index contributed by atoms with van der Waals surface area (Å²) in [6.07, 6.45) is 3.06. The topological polar surface area (TPSA) is 3.24 Å². The zero-order valence-corrected chi connectivity index (χ0v) is 9.39. The van der Waals surface area contributed by atoms with Crippen LogP contribution in [0.2, 0.25) is 5.02 Å². The van der Waals surface area contributed by atoms with E-state index in [1.165, 1.54) is 0 Å². The predicted molar refractivity (Wildman–Crippen MR) is 61.5 cm³/mol. The van der Waals surface area contributed by atoms with E-state index in [1.807, 2.05) is 7.05 Å². The lowest BCUT2D eigenvalue weighted by Gasteiger charge is -2.23. The summed E-state index contributed by atoms with van der Waals surface area (Å²) in [7, 11) is 2.04. The molecule has 1 aliphatic heterocycles. The summed E-state index contributed by atoms with van der Waals surface area (Å²) in [4.78, 5) is 2.18. The van der Waals surface area contributed by atoms with Gasteiger partial charge in [0.15, 0.2) is 0 Å². The van der Waals surface area contributed by atoms with Gasteiger partial charge in [0.25, 0.3) is 0 Å². The molecule has 80 valence electrons. The van der Waals surface area contributed by atoms with Gasteiger partial charge in [0.05, 0.1) is 5.02 Å². The number of benzene rings is 1. The van der Waals surface area contributed by atoms with Crippen LogP contribution >= 0.6 is 11.6 Å². The van der Waals surface area contributed by atoms with E-state index in [9.17, 15) is 4.39 Å². The van der Waals surface area contributed by atoms with Crippen molar-refractivity contribution >= 4 is 17.2 Å². The minimum Gasteiger partial charge on any atom is -0.302 e. The van der Waals surface area contributed by atoms with Crippen molar-refractivity contribution < 1.29 is 4.39 Å². The maximum Gasteiger partial charge on any atom is 0.149 e. The molecule has 3 heteroatoms. The maximum absolute atomic E-state index is 13.7. The van der Waals surface area contributed by atoms with E-state index in [2.05, 4.69) is 11.0 Å². The third-order valence-corrected chi connectivity index (χ3v) is 2.93. The van der Waals surface area contributed by atoms with Crippen molar-refractivity contribution in [2.45, 2.75) is 6.42 Å². The third kappa shape index (κ3) is 2.21. The van der Waals surface area contributed by atoms with Crippen molar-refractivity contribution in [3.63, 3.8) is 0 Å². The van der Waals surface area contributed by atoms with Gasteiger partial charge in [-0.15, -0.1) is 0 Å². The van der Waals surface area contributed by atoms with Crippen LogP contribution < -0.4 is 0 Å². The van der Waals surface area contributed by atoms with Gasteiger partial charge in [-0.05, 0) is 25.1 Å². The summed E-state index contributed by atoms with van der Waals surface area (Å²) in [6.45, 7) is 1.82. The van der Waals surface area contributed by atoms with Gasteiger partial charge in [-0.1, -0.05) is 29.8 Å². The highest BCUT2D eigenvalue weighted by Gasteiger charge is 2.14. The number of halogens is 2. The minimum atomic E-state index is -0.305. The monoisotopic (exact) mass is 225 g/mol. The van der Waals surface area contributed by atoms with Gasteiger partial charge < -0.3 is 4.90 Å².